The molecule has 1 saturated carbocycles. The molecule has 0 aromatic carbocycles. The molecule has 0 atom stereocenters. The first-order chi connectivity index (χ1) is 9.17. The van der Waals surface area contributed by atoms with Gasteiger partial charge in [-0.05, 0) is 38.3 Å². The SMILES string of the molecule is CCCN(C(=O)c1nc(NCC)ccc1Cl)C1CC1. The summed E-state index contributed by atoms with van der Waals surface area (Å²) in [7, 11) is 0. The molecule has 0 spiro atoms. The highest BCUT2D eigenvalue weighted by Crippen LogP contribution is 2.29. The van der Waals surface area contributed by atoms with Crippen LogP contribution in [0.1, 0.15) is 43.6 Å². The molecule has 1 aromatic rings. The van der Waals surface area contributed by atoms with Gasteiger partial charge >= 0.3 is 0 Å². The Kier molecular flexibility index (Phi) is 4.64. The van der Waals surface area contributed by atoms with Gasteiger partial charge in [0.25, 0.3) is 5.91 Å². The summed E-state index contributed by atoms with van der Waals surface area (Å²) >= 11 is 6.12. The molecule has 1 aliphatic rings. The highest BCUT2D eigenvalue weighted by atomic mass is 35.5. The van der Waals surface area contributed by atoms with E-state index in [1.165, 1.54) is 0 Å². The number of nitrogens with one attached hydrogen (secondary N) is 1. The van der Waals surface area contributed by atoms with Crippen molar-refractivity contribution in [3.05, 3.63) is 22.8 Å². The molecule has 2 rings (SSSR count). The number of aromatic nitrogens is 1. The van der Waals surface area contributed by atoms with E-state index in [1.54, 1.807) is 12.1 Å². The topological polar surface area (TPSA) is 45.2 Å². The van der Waals surface area contributed by atoms with Crippen LogP contribution in [0.4, 0.5) is 5.82 Å². The largest absolute Gasteiger partial charge is 0.370 e. The molecular weight excluding hydrogens is 262 g/mol. The summed E-state index contributed by atoms with van der Waals surface area (Å²) in [4.78, 5) is 18.8. The van der Waals surface area contributed by atoms with Crippen molar-refractivity contribution in [2.45, 2.75) is 39.2 Å². The molecule has 1 amide bonds. The molecule has 104 valence electrons. The van der Waals surface area contributed by atoms with E-state index in [-0.39, 0.29) is 5.91 Å². The zero-order chi connectivity index (χ0) is 13.8. The van der Waals surface area contributed by atoms with Crippen LogP contribution in [0.25, 0.3) is 0 Å². The lowest BCUT2D eigenvalue weighted by molar-refractivity contribution is 0.0737. The Morgan fingerprint density at radius 3 is 2.79 bits per heavy atom. The second-order valence-corrected chi connectivity index (χ2v) is 5.19. The maximum Gasteiger partial charge on any atom is 0.274 e. The van der Waals surface area contributed by atoms with Gasteiger partial charge in [-0.1, -0.05) is 18.5 Å². The monoisotopic (exact) mass is 281 g/mol. The van der Waals surface area contributed by atoms with Gasteiger partial charge in [-0.25, -0.2) is 4.98 Å². The van der Waals surface area contributed by atoms with Crippen molar-refractivity contribution in [1.29, 1.82) is 0 Å². The summed E-state index contributed by atoms with van der Waals surface area (Å²) in [6, 6.07) is 3.91. The molecule has 1 N–H and O–H groups in total. The number of amides is 1. The molecule has 1 aliphatic carbocycles. The van der Waals surface area contributed by atoms with Gasteiger partial charge in [0.2, 0.25) is 0 Å². The summed E-state index contributed by atoms with van der Waals surface area (Å²) in [5, 5.41) is 3.53. The maximum atomic E-state index is 12.5. The number of pyridine rings is 1. The predicted octanol–water partition coefficient (Wildman–Crippen LogP) is 3.18. The minimum absolute atomic E-state index is 0.0471. The molecule has 1 aromatic heterocycles. The second kappa shape index (κ2) is 6.24. The quantitative estimate of drug-likeness (QED) is 0.871. The van der Waals surface area contributed by atoms with Gasteiger partial charge in [0, 0.05) is 19.1 Å². The lowest BCUT2D eigenvalue weighted by atomic mass is 10.2. The van der Waals surface area contributed by atoms with E-state index < -0.39 is 0 Å². The molecule has 0 radical (unpaired) electrons. The maximum absolute atomic E-state index is 12.5. The summed E-state index contributed by atoms with van der Waals surface area (Å²) in [5.74, 6) is 0.650. The molecule has 4 nitrogen and oxygen atoms in total. The van der Waals surface area contributed by atoms with E-state index in [0.29, 0.717) is 22.6 Å². The first-order valence-electron chi connectivity index (χ1n) is 6.88. The fourth-order valence-electron chi connectivity index (χ4n) is 2.08. The third-order valence-electron chi connectivity index (χ3n) is 3.12. The van der Waals surface area contributed by atoms with Crippen molar-refractivity contribution in [1.82, 2.24) is 9.88 Å². The number of hydrogen-bond donors (Lipinski definition) is 1. The molecule has 19 heavy (non-hydrogen) atoms. The van der Waals surface area contributed by atoms with Crippen molar-refractivity contribution in [2.75, 3.05) is 18.4 Å². The van der Waals surface area contributed by atoms with Crippen LogP contribution in [0, 0.1) is 0 Å². The zero-order valence-corrected chi connectivity index (χ0v) is 12.2. The highest BCUT2D eigenvalue weighted by molar-refractivity contribution is 6.33. The summed E-state index contributed by atoms with van der Waals surface area (Å²) in [5.41, 5.74) is 0.362. The number of carbonyl (C=O) groups is 1. The van der Waals surface area contributed by atoms with Crippen molar-refractivity contribution in [3.8, 4) is 0 Å². The van der Waals surface area contributed by atoms with Crippen LogP contribution in [0.15, 0.2) is 12.1 Å². The van der Waals surface area contributed by atoms with E-state index in [9.17, 15) is 4.79 Å². The van der Waals surface area contributed by atoms with E-state index in [4.69, 9.17) is 11.6 Å². The standard InChI is InChI=1S/C14H20ClN3O/c1-3-9-18(10-5-6-10)14(19)13-11(15)7-8-12(17-13)16-4-2/h7-8,10H,3-6,9H2,1-2H3,(H,16,17). The molecule has 0 aliphatic heterocycles. The van der Waals surface area contributed by atoms with Gasteiger partial charge in [0.15, 0.2) is 0 Å². The van der Waals surface area contributed by atoms with Crippen molar-refractivity contribution < 1.29 is 4.79 Å². The molecular formula is C14H20ClN3O. The van der Waals surface area contributed by atoms with E-state index in [2.05, 4.69) is 17.2 Å². The first kappa shape index (κ1) is 14.1. The van der Waals surface area contributed by atoms with Gasteiger partial charge in [-0.3, -0.25) is 4.79 Å². The molecule has 1 heterocycles. The number of halogens is 1. The van der Waals surface area contributed by atoms with Crippen LogP contribution in [-0.2, 0) is 0 Å². The van der Waals surface area contributed by atoms with E-state index in [1.807, 2.05) is 11.8 Å². The summed E-state index contributed by atoms with van der Waals surface area (Å²) in [6.45, 7) is 5.61. The van der Waals surface area contributed by atoms with Gasteiger partial charge < -0.3 is 10.2 Å². The average molecular weight is 282 g/mol. The van der Waals surface area contributed by atoms with Gasteiger partial charge in [0.05, 0.1) is 5.02 Å². The third-order valence-corrected chi connectivity index (χ3v) is 3.42. The van der Waals surface area contributed by atoms with Crippen LogP contribution in [0.3, 0.4) is 0 Å². The Bertz CT molecular complexity index is 460. The number of nitrogens with zero attached hydrogens (tertiary/aromatic N) is 2. The zero-order valence-electron chi connectivity index (χ0n) is 11.4. The number of rotatable bonds is 6. The molecule has 1 fully saturated rings. The van der Waals surface area contributed by atoms with Crippen molar-refractivity contribution in [3.63, 3.8) is 0 Å². The Morgan fingerprint density at radius 2 is 2.21 bits per heavy atom. The average Bonchev–Trinajstić information content (AvgIpc) is 3.22. The predicted molar refractivity (Wildman–Crippen MR) is 77.8 cm³/mol. The molecule has 0 bridgehead atoms. The van der Waals surface area contributed by atoms with Gasteiger partial charge in [-0.2, -0.15) is 0 Å². The van der Waals surface area contributed by atoms with E-state index in [0.717, 1.165) is 32.4 Å². The van der Waals surface area contributed by atoms with E-state index >= 15 is 0 Å². The summed E-state index contributed by atoms with van der Waals surface area (Å²) in [6.07, 6.45) is 3.14. The fourth-order valence-corrected chi connectivity index (χ4v) is 2.27. The number of hydrogen-bond acceptors (Lipinski definition) is 3. The number of anilines is 1. The van der Waals surface area contributed by atoms with Crippen LogP contribution < -0.4 is 5.32 Å². The smallest absolute Gasteiger partial charge is 0.274 e. The van der Waals surface area contributed by atoms with Crippen molar-refractivity contribution in [2.24, 2.45) is 0 Å². The minimum Gasteiger partial charge on any atom is -0.370 e. The first-order valence-corrected chi connectivity index (χ1v) is 7.26. The van der Waals surface area contributed by atoms with Crippen LogP contribution in [0.5, 0.6) is 0 Å². The highest BCUT2D eigenvalue weighted by Gasteiger charge is 2.33. The lowest BCUT2D eigenvalue weighted by Crippen LogP contribution is -2.34. The number of carbonyl (C=O) groups excluding carboxylic acids is 1. The Hall–Kier alpha value is -1.29. The summed E-state index contributed by atoms with van der Waals surface area (Å²) < 4.78 is 0. The minimum atomic E-state index is -0.0471. The Labute approximate surface area is 119 Å². The van der Waals surface area contributed by atoms with Crippen LogP contribution in [-0.4, -0.2) is 34.9 Å². The second-order valence-electron chi connectivity index (χ2n) is 4.79. The lowest BCUT2D eigenvalue weighted by Gasteiger charge is -2.22. The van der Waals surface area contributed by atoms with Gasteiger partial charge in [0.1, 0.15) is 11.5 Å². The van der Waals surface area contributed by atoms with Crippen LogP contribution in [0.2, 0.25) is 5.02 Å². The Balaban J connectivity index is 2.22. The van der Waals surface area contributed by atoms with Gasteiger partial charge in [-0.15, -0.1) is 0 Å². The van der Waals surface area contributed by atoms with Crippen molar-refractivity contribution >= 4 is 23.3 Å². The normalized spacial score (nSPS) is 14.3. The molecule has 0 unspecified atom stereocenters. The molecule has 0 saturated heterocycles. The van der Waals surface area contributed by atoms with Crippen LogP contribution >= 0.6 is 11.6 Å². The Morgan fingerprint density at radius 1 is 1.47 bits per heavy atom. The third kappa shape index (κ3) is 3.38. The molecule has 5 heteroatoms. The fraction of sp³-hybridized carbons (Fsp3) is 0.571.